The number of hydrogen-bond donors (Lipinski definition) is 4. The molecule has 4 atom stereocenters. The summed E-state index contributed by atoms with van der Waals surface area (Å²) in [5, 5.41) is 26.9. The average Bonchev–Trinajstić information content (AvgIpc) is 3.72. The number of carbonyl (C=O) groups excluding carboxylic acids is 4. The van der Waals surface area contributed by atoms with Crippen molar-refractivity contribution in [1.82, 2.24) is 35.8 Å². The molecule has 3 aromatic rings. The van der Waals surface area contributed by atoms with Gasteiger partial charge in [0, 0.05) is 25.1 Å². The molecular formula is C31H37N7O7. The Balaban J connectivity index is 1.45. The molecule has 0 aliphatic carbocycles. The molecule has 238 valence electrons. The predicted molar refractivity (Wildman–Crippen MR) is 160 cm³/mol. The topological polar surface area (TPSA) is 177 Å². The van der Waals surface area contributed by atoms with E-state index in [0.717, 1.165) is 5.56 Å². The van der Waals surface area contributed by atoms with Gasteiger partial charge < -0.3 is 35.4 Å². The number of nitrogens with zero attached hydrogens (tertiary/aromatic N) is 4. The molecule has 4 bridgehead atoms. The quantitative estimate of drug-likeness (QED) is 0.318. The molecule has 2 aliphatic rings. The first-order chi connectivity index (χ1) is 21.7. The molecule has 4 amide bonds. The van der Waals surface area contributed by atoms with E-state index in [9.17, 15) is 24.3 Å². The molecule has 3 heterocycles. The smallest absolute Gasteiger partial charge is 0.254 e. The first kappa shape index (κ1) is 31.4. The van der Waals surface area contributed by atoms with E-state index in [1.54, 1.807) is 29.1 Å². The van der Waals surface area contributed by atoms with Gasteiger partial charge in [0.15, 0.2) is 11.5 Å². The molecule has 2 aliphatic heterocycles. The highest BCUT2D eigenvalue weighted by Gasteiger charge is 2.38. The first-order valence-electron chi connectivity index (χ1n) is 14.8. The third-order valence-corrected chi connectivity index (χ3v) is 7.81. The summed E-state index contributed by atoms with van der Waals surface area (Å²) < 4.78 is 12.9. The van der Waals surface area contributed by atoms with Gasteiger partial charge in [-0.15, -0.1) is 5.10 Å². The molecular weight excluding hydrogens is 582 g/mol. The summed E-state index contributed by atoms with van der Waals surface area (Å²) in [7, 11) is 1.49. The monoisotopic (exact) mass is 619 g/mol. The summed E-state index contributed by atoms with van der Waals surface area (Å²) >= 11 is 0. The Morgan fingerprint density at radius 2 is 1.84 bits per heavy atom. The summed E-state index contributed by atoms with van der Waals surface area (Å²) in [6.07, 6.45) is 1.52. The molecule has 45 heavy (non-hydrogen) atoms. The van der Waals surface area contributed by atoms with Crippen molar-refractivity contribution in [3.05, 3.63) is 71.5 Å². The highest BCUT2D eigenvalue weighted by atomic mass is 16.5. The van der Waals surface area contributed by atoms with Gasteiger partial charge in [0.1, 0.15) is 30.4 Å². The molecule has 1 saturated heterocycles. The van der Waals surface area contributed by atoms with Crippen LogP contribution < -0.4 is 25.4 Å². The van der Waals surface area contributed by atoms with Crippen molar-refractivity contribution in [1.29, 1.82) is 0 Å². The van der Waals surface area contributed by atoms with Crippen LogP contribution >= 0.6 is 0 Å². The normalized spacial score (nSPS) is 22.2. The zero-order valence-electron chi connectivity index (χ0n) is 25.1. The SMILES string of the molecule is COc1ccc2cc1OCc1cn(nn1)CCNC(=O)[C@H](Cc1ccccc1)NC(=O)[C@H]([C@@H](C)O)NC(=O)[C@@H]1CCCN1C2=O. The van der Waals surface area contributed by atoms with Crippen LogP contribution in [0.1, 0.15) is 41.4 Å². The number of amides is 4. The van der Waals surface area contributed by atoms with Gasteiger partial charge >= 0.3 is 0 Å². The zero-order valence-corrected chi connectivity index (χ0v) is 25.1. The molecule has 0 radical (unpaired) electrons. The Labute approximate surface area is 260 Å². The molecule has 14 nitrogen and oxygen atoms in total. The maximum atomic E-state index is 13.6. The van der Waals surface area contributed by atoms with Gasteiger partial charge in [0.25, 0.3) is 5.91 Å². The van der Waals surface area contributed by atoms with E-state index in [0.29, 0.717) is 48.7 Å². The van der Waals surface area contributed by atoms with Crippen molar-refractivity contribution < 1.29 is 33.8 Å². The van der Waals surface area contributed by atoms with Crippen LogP contribution in [-0.4, -0.2) is 93.1 Å². The second-order valence-electron chi connectivity index (χ2n) is 11.1. The lowest BCUT2D eigenvalue weighted by atomic mass is 10.0. The minimum absolute atomic E-state index is 0.0427. The maximum Gasteiger partial charge on any atom is 0.254 e. The van der Waals surface area contributed by atoms with Crippen molar-refractivity contribution >= 4 is 23.6 Å². The molecule has 5 rings (SSSR count). The minimum Gasteiger partial charge on any atom is -0.493 e. The average molecular weight is 620 g/mol. The highest BCUT2D eigenvalue weighted by molar-refractivity contribution is 5.99. The molecule has 0 spiro atoms. The predicted octanol–water partition coefficient (Wildman–Crippen LogP) is 0.193. The number of aliphatic hydroxyl groups is 1. The largest absolute Gasteiger partial charge is 0.493 e. The van der Waals surface area contributed by atoms with Crippen LogP contribution in [0.25, 0.3) is 0 Å². The third kappa shape index (κ3) is 7.58. The number of aliphatic hydroxyl groups excluding tert-OH is 1. The summed E-state index contributed by atoms with van der Waals surface area (Å²) in [5.74, 6) is -1.43. The molecule has 1 aromatic heterocycles. The molecule has 0 unspecified atom stereocenters. The molecule has 4 N–H and O–H groups in total. The number of hydrogen-bond acceptors (Lipinski definition) is 9. The molecule has 0 saturated carbocycles. The first-order valence-corrected chi connectivity index (χ1v) is 14.8. The van der Waals surface area contributed by atoms with Crippen molar-refractivity contribution in [2.45, 2.75) is 63.6 Å². The Bertz CT molecular complexity index is 1530. The molecule has 2 aromatic carbocycles. The number of carbonyl (C=O) groups is 4. The van der Waals surface area contributed by atoms with E-state index in [4.69, 9.17) is 9.47 Å². The Morgan fingerprint density at radius 3 is 2.60 bits per heavy atom. The Morgan fingerprint density at radius 1 is 1.04 bits per heavy atom. The Hall–Kier alpha value is -4.98. The second-order valence-corrected chi connectivity index (χ2v) is 11.1. The van der Waals surface area contributed by atoms with Crippen LogP contribution in [0.5, 0.6) is 11.5 Å². The van der Waals surface area contributed by atoms with Crippen LogP contribution in [0.4, 0.5) is 0 Å². The standard InChI is InChI=1S/C31H37N7O7/c1-19(39)27-30(42)33-23(15-20-7-4-3-5-8-20)28(40)32-12-14-37-17-22(35-36-37)18-45-26-16-21(10-11-25(26)44-2)31(43)38-13-6-9-24(38)29(41)34-27/h3-5,7-8,10-11,16-17,19,23-24,27,39H,6,9,12-15,18H2,1-2H3,(H,32,40)(H,33,42)(H,34,41)/t19-,23+,24+,27+/m1/s1. The number of methoxy groups -OCH3 is 1. The fourth-order valence-electron chi connectivity index (χ4n) is 5.43. The zero-order chi connectivity index (χ0) is 31.9. The van der Waals surface area contributed by atoms with E-state index in [-0.39, 0.29) is 19.6 Å². The van der Waals surface area contributed by atoms with E-state index in [1.807, 2.05) is 30.3 Å². The number of ether oxygens (including phenoxy) is 2. The summed E-state index contributed by atoms with van der Waals surface area (Å²) in [6, 6.07) is 10.7. The number of rotatable bonds is 4. The fraction of sp³-hybridized carbons (Fsp3) is 0.419. The third-order valence-electron chi connectivity index (χ3n) is 7.81. The fourth-order valence-corrected chi connectivity index (χ4v) is 5.43. The van der Waals surface area contributed by atoms with E-state index in [1.165, 1.54) is 18.9 Å². The van der Waals surface area contributed by atoms with Crippen molar-refractivity contribution in [2.75, 3.05) is 20.2 Å². The van der Waals surface area contributed by atoms with Gasteiger partial charge in [-0.25, -0.2) is 0 Å². The van der Waals surface area contributed by atoms with Gasteiger partial charge in [-0.2, -0.15) is 0 Å². The van der Waals surface area contributed by atoms with Gasteiger partial charge in [-0.05, 0) is 43.5 Å². The molecule has 14 heteroatoms. The van der Waals surface area contributed by atoms with Crippen LogP contribution in [0.3, 0.4) is 0 Å². The summed E-state index contributed by atoms with van der Waals surface area (Å²) in [4.78, 5) is 55.4. The lowest BCUT2D eigenvalue weighted by molar-refractivity contribution is -0.135. The Kier molecular flexibility index (Phi) is 9.92. The van der Waals surface area contributed by atoms with Crippen molar-refractivity contribution in [3.8, 4) is 11.5 Å². The minimum atomic E-state index is -1.37. The van der Waals surface area contributed by atoms with Crippen LogP contribution in [0.15, 0.2) is 54.7 Å². The number of fused-ring (bicyclic) bond motifs is 5. The van der Waals surface area contributed by atoms with Crippen molar-refractivity contribution in [3.63, 3.8) is 0 Å². The van der Waals surface area contributed by atoms with Gasteiger partial charge in [0.05, 0.1) is 26.0 Å². The lowest BCUT2D eigenvalue weighted by Gasteiger charge is -2.28. The maximum absolute atomic E-state index is 13.6. The van der Waals surface area contributed by atoms with Gasteiger partial charge in [-0.3, -0.25) is 23.9 Å². The lowest BCUT2D eigenvalue weighted by Crippen LogP contribution is -2.59. The van der Waals surface area contributed by atoms with Crippen LogP contribution in [0.2, 0.25) is 0 Å². The second kappa shape index (κ2) is 14.2. The highest BCUT2D eigenvalue weighted by Crippen LogP contribution is 2.30. The van der Waals surface area contributed by atoms with E-state index < -0.39 is 47.9 Å². The summed E-state index contributed by atoms with van der Waals surface area (Å²) in [6.45, 7) is 2.23. The van der Waals surface area contributed by atoms with E-state index in [2.05, 4.69) is 26.3 Å². The molecule has 1 fully saturated rings. The number of aromatic nitrogens is 3. The van der Waals surface area contributed by atoms with E-state index >= 15 is 0 Å². The van der Waals surface area contributed by atoms with Crippen LogP contribution in [-0.2, 0) is 34.0 Å². The van der Waals surface area contributed by atoms with Gasteiger partial charge in [-0.1, -0.05) is 35.5 Å². The van der Waals surface area contributed by atoms with Crippen LogP contribution in [0, 0.1) is 0 Å². The van der Waals surface area contributed by atoms with Gasteiger partial charge in [0.2, 0.25) is 17.7 Å². The van der Waals surface area contributed by atoms with Crippen molar-refractivity contribution in [2.24, 2.45) is 0 Å². The number of benzene rings is 2. The summed E-state index contributed by atoms with van der Waals surface area (Å²) in [5.41, 5.74) is 1.61. The number of nitrogens with one attached hydrogen (secondary N) is 3.